The molecule has 0 aliphatic carbocycles. The lowest BCUT2D eigenvalue weighted by atomic mass is 9.99. The first-order valence-corrected chi connectivity index (χ1v) is 5.79. The van der Waals surface area contributed by atoms with Gasteiger partial charge in [0.05, 0.1) is 12.9 Å². The predicted molar refractivity (Wildman–Crippen MR) is 63.3 cm³/mol. The minimum atomic E-state index is 0.264. The fourth-order valence-corrected chi connectivity index (χ4v) is 1.13. The third-order valence-electron chi connectivity index (χ3n) is 2.07. The van der Waals surface area contributed by atoms with Gasteiger partial charge in [-0.2, -0.15) is 0 Å². The Morgan fingerprint density at radius 3 is 2.29 bits per heavy atom. The zero-order valence-electron chi connectivity index (χ0n) is 10.5. The summed E-state index contributed by atoms with van der Waals surface area (Å²) in [5.41, 5.74) is 1.70. The Balaban J connectivity index is 3.81. The van der Waals surface area contributed by atoms with Crippen molar-refractivity contribution in [3.05, 3.63) is 11.8 Å². The monoisotopic (exact) mass is 198 g/mol. The number of unbranched alkanes of at least 4 members (excludes halogenated alkanes) is 1. The molecule has 0 N–H and O–H groups in total. The lowest BCUT2D eigenvalue weighted by Crippen LogP contribution is -2.12. The molecular weight excluding hydrogens is 172 g/mol. The van der Waals surface area contributed by atoms with Crippen molar-refractivity contribution in [2.24, 2.45) is 5.41 Å². The molecular formula is C13H26O. The minimum absolute atomic E-state index is 0.264. The topological polar surface area (TPSA) is 9.23 Å². The van der Waals surface area contributed by atoms with E-state index in [0.29, 0.717) is 0 Å². The molecule has 0 radical (unpaired) electrons. The Bertz CT molecular complexity index is 163. The van der Waals surface area contributed by atoms with Gasteiger partial charge in [-0.15, -0.1) is 0 Å². The van der Waals surface area contributed by atoms with Crippen LogP contribution in [-0.2, 0) is 4.74 Å². The van der Waals surface area contributed by atoms with Crippen LogP contribution in [0.4, 0.5) is 0 Å². The Kier molecular flexibility index (Phi) is 6.69. The van der Waals surface area contributed by atoms with Crippen molar-refractivity contribution in [1.29, 1.82) is 0 Å². The van der Waals surface area contributed by atoms with Crippen LogP contribution in [0.25, 0.3) is 0 Å². The average molecular weight is 198 g/mol. The first-order chi connectivity index (χ1) is 6.49. The third-order valence-corrected chi connectivity index (χ3v) is 2.07. The molecule has 0 saturated heterocycles. The van der Waals surface area contributed by atoms with E-state index in [9.17, 15) is 0 Å². The van der Waals surface area contributed by atoms with Gasteiger partial charge in [0.25, 0.3) is 0 Å². The average Bonchev–Trinajstić information content (AvgIpc) is 2.09. The van der Waals surface area contributed by atoms with Gasteiger partial charge in [0.2, 0.25) is 0 Å². The summed E-state index contributed by atoms with van der Waals surface area (Å²) in [5.74, 6) is 0. The molecule has 0 aromatic rings. The molecule has 1 heteroatoms. The van der Waals surface area contributed by atoms with Crippen LogP contribution in [0.2, 0.25) is 0 Å². The number of ether oxygens (including phenoxy) is 1. The number of allylic oxidation sites excluding steroid dienone is 1. The lowest BCUT2D eigenvalue weighted by molar-refractivity contribution is 0.149. The van der Waals surface area contributed by atoms with Crippen LogP contribution < -0.4 is 0 Å². The van der Waals surface area contributed by atoms with E-state index >= 15 is 0 Å². The second kappa shape index (κ2) is 6.92. The fraction of sp³-hybridized carbons (Fsp3) is 0.846. The highest BCUT2D eigenvalue weighted by Gasteiger charge is 2.09. The summed E-state index contributed by atoms with van der Waals surface area (Å²) in [6.07, 6.45) is 6.82. The van der Waals surface area contributed by atoms with Gasteiger partial charge in [-0.1, -0.05) is 41.0 Å². The van der Waals surface area contributed by atoms with Gasteiger partial charge >= 0.3 is 0 Å². The second-order valence-electron chi connectivity index (χ2n) is 5.10. The summed E-state index contributed by atoms with van der Waals surface area (Å²) in [6, 6.07) is 0. The van der Waals surface area contributed by atoms with Crippen LogP contribution in [0.1, 0.15) is 60.3 Å². The quantitative estimate of drug-likeness (QED) is 0.570. The maximum atomic E-state index is 5.59. The molecule has 0 rings (SSSR count). The van der Waals surface area contributed by atoms with Crippen LogP contribution in [-0.4, -0.2) is 6.61 Å². The predicted octanol–water partition coefficient (Wildman–Crippen LogP) is 4.53. The zero-order valence-corrected chi connectivity index (χ0v) is 10.5. The van der Waals surface area contributed by atoms with Crippen LogP contribution in [0.5, 0.6) is 0 Å². The van der Waals surface area contributed by atoms with Gasteiger partial charge < -0.3 is 4.74 Å². The number of hydrogen-bond donors (Lipinski definition) is 0. The molecule has 84 valence electrons. The van der Waals surface area contributed by atoms with Gasteiger partial charge in [0, 0.05) is 0 Å². The molecule has 0 fully saturated rings. The van der Waals surface area contributed by atoms with Crippen molar-refractivity contribution in [2.45, 2.75) is 60.3 Å². The van der Waals surface area contributed by atoms with Gasteiger partial charge in [-0.3, -0.25) is 0 Å². The van der Waals surface area contributed by atoms with E-state index in [1.54, 1.807) is 0 Å². The third kappa shape index (κ3) is 8.15. The summed E-state index contributed by atoms with van der Waals surface area (Å²) in [4.78, 5) is 0. The first-order valence-electron chi connectivity index (χ1n) is 5.79. The Hall–Kier alpha value is -0.460. The van der Waals surface area contributed by atoms with Crippen molar-refractivity contribution in [3.8, 4) is 0 Å². The first kappa shape index (κ1) is 13.5. The van der Waals surface area contributed by atoms with E-state index in [4.69, 9.17) is 4.74 Å². The van der Waals surface area contributed by atoms with Crippen LogP contribution in [0.15, 0.2) is 11.8 Å². The lowest BCUT2D eigenvalue weighted by Gasteiger charge is -2.17. The molecule has 0 spiro atoms. The van der Waals surface area contributed by atoms with E-state index < -0.39 is 0 Å². The fourth-order valence-electron chi connectivity index (χ4n) is 1.13. The van der Waals surface area contributed by atoms with Gasteiger partial charge in [0.15, 0.2) is 0 Å². The molecule has 0 unspecified atom stereocenters. The van der Waals surface area contributed by atoms with Crippen molar-refractivity contribution in [2.75, 3.05) is 6.61 Å². The van der Waals surface area contributed by atoms with Crippen LogP contribution >= 0.6 is 0 Å². The van der Waals surface area contributed by atoms with E-state index in [0.717, 1.165) is 13.0 Å². The number of rotatable bonds is 6. The maximum Gasteiger partial charge on any atom is 0.0921 e. The highest BCUT2D eigenvalue weighted by Crippen LogP contribution is 2.15. The molecule has 0 saturated carbocycles. The molecule has 0 atom stereocenters. The van der Waals surface area contributed by atoms with Crippen molar-refractivity contribution in [1.82, 2.24) is 0 Å². The molecule has 0 heterocycles. The highest BCUT2D eigenvalue weighted by atomic mass is 16.5. The van der Waals surface area contributed by atoms with Crippen LogP contribution in [0, 0.1) is 5.41 Å². The molecule has 0 aromatic carbocycles. The van der Waals surface area contributed by atoms with Gasteiger partial charge in [-0.25, -0.2) is 0 Å². The second-order valence-corrected chi connectivity index (χ2v) is 5.10. The van der Waals surface area contributed by atoms with Gasteiger partial charge in [-0.05, 0) is 30.3 Å². The smallest absolute Gasteiger partial charge is 0.0921 e. The van der Waals surface area contributed by atoms with E-state index in [1.807, 2.05) is 6.26 Å². The SMILES string of the molecule is CCCCC(=COCC(C)(C)C)CC. The zero-order chi connectivity index (χ0) is 11.0. The van der Waals surface area contributed by atoms with E-state index in [-0.39, 0.29) is 5.41 Å². The molecule has 0 amide bonds. The molecule has 0 aliphatic rings. The molecule has 0 aromatic heterocycles. The minimum Gasteiger partial charge on any atom is -0.501 e. The number of hydrogen-bond acceptors (Lipinski definition) is 1. The largest absolute Gasteiger partial charge is 0.501 e. The van der Waals surface area contributed by atoms with E-state index in [2.05, 4.69) is 34.6 Å². The summed E-state index contributed by atoms with van der Waals surface area (Å²) < 4.78 is 5.59. The molecule has 14 heavy (non-hydrogen) atoms. The summed E-state index contributed by atoms with van der Waals surface area (Å²) in [6.45, 7) is 11.8. The normalized spacial score (nSPS) is 13.1. The highest BCUT2D eigenvalue weighted by molar-refractivity contribution is 4.96. The maximum absolute atomic E-state index is 5.59. The Labute approximate surface area is 89.5 Å². The van der Waals surface area contributed by atoms with Crippen molar-refractivity contribution >= 4 is 0 Å². The Morgan fingerprint density at radius 2 is 1.86 bits per heavy atom. The van der Waals surface area contributed by atoms with Crippen molar-refractivity contribution < 1.29 is 4.74 Å². The molecule has 0 bridgehead atoms. The molecule has 0 aliphatic heterocycles. The van der Waals surface area contributed by atoms with Crippen molar-refractivity contribution in [3.63, 3.8) is 0 Å². The summed E-state index contributed by atoms with van der Waals surface area (Å²) >= 11 is 0. The Morgan fingerprint density at radius 1 is 1.21 bits per heavy atom. The molecule has 1 nitrogen and oxygen atoms in total. The van der Waals surface area contributed by atoms with Crippen LogP contribution in [0.3, 0.4) is 0 Å². The summed E-state index contributed by atoms with van der Waals surface area (Å²) in [7, 11) is 0. The van der Waals surface area contributed by atoms with Gasteiger partial charge in [0.1, 0.15) is 0 Å². The summed E-state index contributed by atoms with van der Waals surface area (Å²) in [5, 5.41) is 0. The standard InChI is InChI=1S/C13H26O/c1-6-8-9-12(7-2)10-14-11-13(3,4)5/h10H,6-9,11H2,1-5H3. The van der Waals surface area contributed by atoms with E-state index in [1.165, 1.54) is 24.8 Å².